The molecule has 1 fully saturated rings. The second-order valence-electron chi connectivity index (χ2n) is 8.11. The Morgan fingerprint density at radius 1 is 0.971 bits per heavy atom. The van der Waals surface area contributed by atoms with Gasteiger partial charge in [0.25, 0.3) is 5.91 Å². The van der Waals surface area contributed by atoms with E-state index < -0.39 is 0 Å². The van der Waals surface area contributed by atoms with Crippen LogP contribution in [0.3, 0.4) is 0 Å². The van der Waals surface area contributed by atoms with Gasteiger partial charge in [-0.05, 0) is 65.9 Å². The average molecular weight is 454 g/mol. The van der Waals surface area contributed by atoms with Crippen LogP contribution in [0.15, 0.2) is 78.9 Å². The van der Waals surface area contributed by atoms with Gasteiger partial charge < -0.3 is 21.1 Å². The van der Waals surface area contributed by atoms with Gasteiger partial charge in [0.2, 0.25) is 5.91 Å². The highest BCUT2D eigenvalue weighted by Crippen LogP contribution is 2.26. The first kappa shape index (κ1) is 22.9. The minimum absolute atomic E-state index is 0.100. The minimum atomic E-state index is -0.265. The predicted molar refractivity (Wildman–Crippen MR) is 137 cm³/mol. The lowest BCUT2D eigenvalue weighted by atomic mass is 10.0. The highest BCUT2D eigenvalue weighted by Gasteiger charge is 2.25. The average Bonchev–Trinajstić information content (AvgIpc) is 3.67. The van der Waals surface area contributed by atoms with Gasteiger partial charge in [-0.25, -0.2) is 0 Å². The molecule has 0 aliphatic heterocycles. The van der Waals surface area contributed by atoms with Crippen LogP contribution in [-0.4, -0.2) is 25.0 Å². The summed E-state index contributed by atoms with van der Waals surface area (Å²) in [4.78, 5) is 25.1. The molecule has 0 heterocycles. The molecule has 0 atom stereocenters. The summed E-state index contributed by atoms with van der Waals surface area (Å²) in [5.74, 6) is 0.328. The number of methoxy groups -OCH3 is 1. The van der Waals surface area contributed by atoms with Gasteiger partial charge in [-0.15, -0.1) is 0 Å². The number of nitrogens with one attached hydrogen (secondary N) is 2. The number of anilines is 2. The van der Waals surface area contributed by atoms with E-state index >= 15 is 0 Å². The van der Waals surface area contributed by atoms with Crippen molar-refractivity contribution in [2.24, 2.45) is 0 Å². The first-order valence-corrected chi connectivity index (χ1v) is 11.1. The van der Waals surface area contributed by atoms with Crippen LogP contribution in [0.2, 0.25) is 0 Å². The number of rotatable bonds is 8. The van der Waals surface area contributed by atoms with E-state index in [4.69, 9.17) is 10.5 Å². The fraction of sp³-hybridized carbons (Fsp3) is 0.143. The molecule has 0 saturated heterocycles. The van der Waals surface area contributed by atoms with Gasteiger partial charge in [0.1, 0.15) is 5.75 Å². The number of hydrogen-bond acceptors (Lipinski definition) is 4. The number of para-hydroxylation sites is 2. The standard InChI is InChI=1S/C28H27N3O3/c1-34-23-6-4-5-21(18-23)24(28(33)30-22-14-15-22)17-20-11-9-19(10-12-20)13-16-27(32)31-26-8-3-2-7-25(26)29/h2-13,16-18,22H,14-15,29H2,1H3,(H,30,33)(H,31,32). The number of benzene rings is 3. The molecule has 4 rings (SSSR count). The third kappa shape index (κ3) is 6.13. The van der Waals surface area contributed by atoms with Crippen LogP contribution in [0.1, 0.15) is 29.5 Å². The van der Waals surface area contributed by atoms with E-state index in [1.165, 1.54) is 6.08 Å². The third-order valence-electron chi connectivity index (χ3n) is 5.43. The Balaban J connectivity index is 1.50. The zero-order valence-electron chi connectivity index (χ0n) is 19.0. The van der Waals surface area contributed by atoms with Gasteiger partial charge in [0.15, 0.2) is 0 Å². The molecule has 0 spiro atoms. The van der Waals surface area contributed by atoms with Crippen LogP contribution in [0, 0.1) is 0 Å². The van der Waals surface area contributed by atoms with Crippen molar-refractivity contribution in [3.63, 3.8) is 0 Å². The second-order valence-corrected chi connectivity index (χ2v) is 8.11. The van der Waals surface area contributed by atoms with Crippen molar-refractivity contribution in [2.45, 2.75) is 18.9 Å². The first-order valence-electron chi connectivity index (χ1n) is 11.1. The van der Waals surface area contributed by atoms with Crippen LogP contribution < -0.4 is 21.1 Å². The van der Waals surface area contributed by atoms with Gasteiger partial charge in [0.05, 0.1) is 18.5 Å². The molecule has 2 amide bonds. The Hall–Kier alpha value is -4.32. The fourth-order valence-corrected chi connectivity index (χ4v) is 3.39. The van der Waals surface area contributed by atoms with Gasteiger partial charge in [-0.1, -0.05) is 48.5 Å². The molecule has 0 radical (unpaired) electrons. The molecule has 6 nitrogen and oxygen atoms in total. The van der Waals surface area contributed by atoms with Crippen molar-refractivity contribution in [3.8, 4) is 5.75 Å². The maximum absolute atomic E-state index is 12.9. The molecule has 172 valence electrons. The van der Waals surface area contributed by atoms with Crippen LogP contribution >= 0.6 is 0 Å². The number of nitrogens with two attached hydrogens (primary N) is 1. The van der Waals surface area contributed by atoms with E-state index in [1.807, 2.05) is 66.7 Å². The highest BCUT2D eigenvalue weighted by atomic mass is 16.5. The maximum atomic E-state index is 12.9. The number of nitrogen functional groups attached to an aromatic ring is 1. The normalized spacial score (nSPS) is 13.5. The molecule has 1 aliphatic carbocycles. The van der Waals surface area contributed by atoms with E-state index in [2.05, 4.69) is 10.6 Å². The Bertz CT molecular complexity index is 1240. The zero-order valence-corrected chi connectivity index (χ0v) is 19.0. The molecular formula is C28H27N3O3. The predicted octanol–water partition coefficient (Wildman–Crippen LogP) is 4.75. The molecule has 34 heavy (non-hydrogen) atoms. The Labute approximate surface area is 199 Å². The molecule has 0 unspecified atom stereocenters. The molecule has 6 heteroatoms. The third-order valence-corrected chi connectivity index (χ3v) is 5.43. The van der Waals surface area contributed by atoms with E-state index in [0.717, 1.165) is 29.5 Å². The van der Waals surface area contributed by atoms with Crippen molar-refractivity contribution in [2.75, 3.05) is 18.2 Å². The van der Waals surface area contributed by atoms with Gasteiger partial charge >= 0.3 is 0 Å². The molecule has 1 aliphatic rings. The number of ether oxygens (including phenoxy) is 1. The topological polar surface area (TPSA) is 93.4 Å². The monoisotopic (exact) mass is 453 g/mol. The fourth-order valence-electron chi connectivity index (χ4n) is 3.39. The van der Waals surface area contributed by atoms with E-state index in [9.17, 15) is 9.59 Å². The lowest BCUT2D eigenvalue weighted by Gasteiger charge is -2.10. The summed E-state index contributed by atoms with van der Waals surface area (Å²) in [7, 11) is 1.61. The Morgan fingerprint density at radius 3 is 2.41 bits per heavy atom. The number of carbonyl (C=O) groups excluding carboxylic acids is 2. The lowest BCUT2D eigenvalue weighted by molar-refractivity contribution is -0.115. The summed E-state index contributed by atoms with van der Waals surface area (Å²) >= 11 is 0. The maximum Gasteiger partial charge on any atom is 0.252 e. The van der Waals surface area contributed by atoms with Crippen LogP contribution in [0.25, 0.3) is 17.7 Å². The molecule has 4 N–H and O–H groups in total. The molecule has 0 aromatic heterocycles. The van der Waals surface area contributed by atoms with Crippen LogP contribution in [0.4, 0.5) is 11.4 Å². The van der Waals surface area contributed by atoms with Crippen LogP contribution in [-0.2, 0) is 9.59 Å². The lowest BCUT2D eigenvalue weighted by Crippen LogP contribution is -2.26. The molecule has 3 aromatic carbocycles. The summed E-state index contributed by atoms with van der Waals surface area (Å²) in [6.07, 6.45) is 7.09. The number of carbonyl (C=O) groups is 2. The molecular weight excluding hydrogens is 426 g/mol. The van der Waals surface area contributed by atoms with E-state index in [-0.39, 0.29) is 17.9 Å². The summed E-state index contributed by atoms with van der Waals surface area (Å²) in [5.41, 5.74) is 10.1. The highest BCUT2D eigenvalue weighted by molar-refractivity contribution is 6.24. The van der Waals surface area contributed by atoms with Crippen LogP contribution in [0.5, 0.6) is 5.75 Å². The van der Waals surface area contributed by atoms with Gasteiger partial charge in [-0.2, -0.15) is 0 Å². The van der Waals surface area contributed by atoms with Crippen molar-refractivity contribution in [3.05, 3.63) is 95.6 Å². The first-order chi connectivity index (χ1) is 16.5. The summed E-state index contributed by atoms with van der Waals surface area (Å²) < 4.78 is 5.33. The summed E-state index contributed by atoms with van der Waals surface area (Å²) in [6, 6.07) is 22.5. The van der Waals surface area contributed by atoms with E-state index in [0.29, 0.717) is 22.7 Å². The number of hydrogen-bond donors (Lipinski definition) is 3. The van der Waals surface area contributed by atoms with Gasteiger partial charge in [-0.3, -0.25) is 9.59 Å². The Kier molecular flexibility index (Phi) is 7.08. The smallest absolute Gasteiger partial charge is 0.252 e. The largest absolute Gasteiger partial charge is 0.497 e. The Morgan fingerprint density at radius 2 is 1.71 bits per heavy atom. The van der Waals surface area contributed by atoms with Gasteiger partial charge in [0, 0.05) is 17.7 Å². The summed E-state index contributed by atoms with van der Waals surface area (Å²) in [5, 5.41) is 5.83. The van der Waals surface area contributed by atoms with Crippen molar-refractivity contribution in [1.82, 2.24) is 5.32 Å². The quantitative estimate of drug-likeness (QED) is 0.261. The van der Waals surface area contributed by atoms with Crippen molar-refractivity contribution in [1.29, 1.82) is 0 Å². The molecule has 3 aromatic rings. The van der Waals surface area contributed by atoms with E-state index in [1.54, 1.807) is 25.3 Å². The molecule has 0 bridgehead atoms. The minimum Gasteiger partial charge on any atom is -0.497 e. The summed E-state index contributed by atoms with van der Waals surface area (Å²) in [6.45, 7) is 0. The van der Waals surface area contributed by atoms with Crippen molar-refractivity contribution < 1.29 is 14.3 Å². The molecule has 1 saturated carbocycles. The SMILES string of the molecule is COc1cccc(C(=Cc2ccc(C=CC(=O)Nc3ccccc3N)cc2)C(=O)NC2CC2)c1. The second kappa shape index (κ2) is 10.5. The number of amides is 2. The van der Waals surface area contributed by atoms with Crippen molar-refractivity contribution >= 4 is 40.9 Å². The zero-order chi connectivity index (χ0) is 23.9.